The largest absolute Gasteiger partial charge is 0.497 e. The second-order valence-corrected chi connectivity index (χ2v) is 13.1. The monoisotopic (exact) mass is 587 g/mol. The third-order valence-corrected chi connectivity index (χ3v) is 10.3. The van der Waals surface area contributed by atoms with Crippen LogP contribution >= 0.6 is 0 Å². The van der Waals surface area contributed by atoms with Crippen LogP contribution in [0.3, 0.4) is 0 Å². The van der Waals surface area contributed by atoms with Crippen LogP contribution in [0, 0.1) is 0 Å². The quantitative estimate of drug-likeness (QED) is 0.379. The number of nitrogens with zero attached hydrogens (tertiary/aromatic N) is 2. The topological polar surface area (TPSA) is 122 Å². The Morgan fingerprint density at radius 2 is 1.48 bits per heavy atom. The lowest BCUT2D eigenvalue weighted by molar-refractivity contribution is -0.114. The van der Waals surface area contributed by atoms with Gasteiger partial charge in [-0.25, -0.2) is 16.8 Å². The van der Waals surface area contributed by atoms with Gasteiger partial charge in [-0.3, -0.25) is 9.10 Å². The van der Waals surface area contributed by atoms with Crippen LogP contribution in [-0.4, -0.2) is 60.9 Å². The Hall–Kier alpha value is -3.61. The molecule has 0 aliphatic carbocycles. The number of methoxy groups -OCH3 is 2. The van der Waals surface area contributed by atoms with E-state index < -0.39 is 32.5 Å². The van der Waals surface area contributed by atoms with Crippen LogP contribution in [0.5, 0.6) is 11.5 Å². The van der Waals surface area contributed by atoms with E-state index in [1.54, 1.807) is 24.3 Å². The van der Waals surface area contributed by atoms with Crippen LogP contribution in [0.1, 0.15) is 25.7 Å². The van der Waals surface area contributed by atoms with E-state index in [2.05, 4.69) is 5.32 Å². The number of anilines is 2. The molecule has 0 radical (unpaired) electrons. The molecule has 1 aliphatic heterocycles. The summed E-state index contributed by atoms with van der Waals surface area (Å²) in [5.74, 6) is 0.0348. The van der Waals surface area contributed by atoms with Crippen molar-refractivity contribution in [3.63, 3.8) is 0 Å². The Morgan fingerprint density at radius 3 is 2.08 bits per heavy atom. The van der Waals surface area contributed by atoms with E-state index in [9.17, 15) is 21.6 Å². The summed E-state index contributed by atoms with van der Waals surface area (Å²) in [7, 11) is -4.94. The summed E-state index contributed by atoms with van der Waals surface area (Å²) in [5.41, 5.74) is 0.486. The summed E-state index contributed by atoms with van der Waals surface area (Å²) in [6.45, 7) is 0.413. The van der Waals surface area contributed by atoms with E-state index in [4.69, 9.17) is 9.47 Å². The zero-order chi connectivity index (χ0) is 28.8. The highest BCUT2D eigenvalue weighted by molar-refractivity contribution is 7.93. The smallest absolute Gasteiger partial charge is 0.264 e. The van der Waals surface area contributed by atoms with Crippen molar-refractivity contribution in [2.75, 3.05) is 43.5 Å². The number of hydrogen-bond acceptors (Lipinski definition) is 7. The van der Waals surface area contributed by atoms with Gasteiger partial charge in [0.05, 0.1) is 29.7 Å². The molecule has 10 nitrogen and oxygen atoms in total. The SMILES string of the molecule is COc1ccc(N(CC(=O)Nc2ccc(S(=O)(=O)N3CCCCCC3)cc2)S(=O)(=O)c2ccccc2)c(OC)c1. The highest BCUT2D eigenvalue weighted by atomic mass is 32.2. The predicted molar refractivity (Wildman–Crippen MR) is 153 cm³/mol. The number of carbonyl (C=O) groups excluding carboxylic acids is 1. The molecule has 1 N–H and O–H groups in total. The van der Waals surface area contributed by atoms with E-state index in [1.807, 2.05) is 0 Å². The van der Waals surface area contributed by atoms with Gasteiger partial charge in [0.25, 0.3) is 10.0 Å². The molecule has 214 valence electrons. The second kappa shape index (κ2) is 12.7. The van der Waals surface area contributed by atoms with Gasteiger partial charge in [0, 0.05) is 24.8 Å². The van der Waals surface area contributed by atoms with E-state index >= 15 is 0 Å². The van der Waals surface area contributed by atoms with Crippen molar-refractivity contribution in [1.82, 2.24) is 4.31 Å². The summed E-state index contributed by atoms with van der Waals surface area (Å²) >= 11 is 0. The maximum Gasteiger partial charge on any atom is 0.264 e. The number of benzene rings is 3. The lowest BCUT2D eigenvalue weighted by Crippen LogP contribution is -2.38. The first kappa shape index (κ1) is 29.4. The van der Waals surface area contributed by atoms with Gasteiger partial charge in [-0.2, -0.15) is 4.31 Å². The van der Waals surface area contributed by atoms with E-state index in [1.165, 1.54) is 67.1 Å². The van der Waals surface area contributed by atoms with Gasteiger partial charge in [0.15, 0.2) is 0 Å². The van der Waals surface area contributed by atoms with Crippen molar-refractivity contribution >= 4 is 37.3 Å². The predicted octanol–water partition coefficient (Wildman–Crippen LogP) is 4.10. The minimum atomic E-state index is -4.17. The Balaban J connectivity index is 1.58. The summed E-state index contributed by atoms with van der Waals surface area (Å²) in [6, 6.07) is 18.3. The maximum atomic E-state index is 13.7. The van der Waals surface area contributed by atoms with E-state index in [0.717, 1.165) is 30.0 Å². The van der Waals surface area contributed by atoms with Gasteiger partial charge in [-0.1, -0.05) is 31.0 Å². The molecule has 1 saturated heterocycles. The van der Waals surface area contributed by atoms with Gasteiger partial charge in [-0.05, 0) is 61.4 Å². The summed E-state index contributed by atoms with van der Waals surface area (Å²) in [4.78, 5) is 13.3. The number of sulfonamides is 2. The van der Waals surface area contributed by atoms with Gasteiger partial charge in [0.2, 0.25) is 15.9 Å². The second-order valence-electron chi connectivity index (χ2n) is 9.25. The van der Waals surface area contributed by atoms with Crippen LogP contribution in [0.25, 0.3) is 0 Å². The van der Waals surface area contributed by atoms with Gasteiger partial charge in [0.1, 0.15) is 18.0 Å². The lowest BCUT2D eigenvalue weighted by atomic mass is 10.2. The fourth-order valence-corrected chi connectivity index (χ4v) is 7.45. The molecule has 1 amide bonds. The van der Waals surface area contributed by atoms with E-state index in [-0.39, 0.29) is 21.2 Å². The summed E-state index contributed by atoms with van der Waals surface area (Å²) in [6.07, 6.45) is 3.68. The van der Waals surface area contributed by atoms with Gasteiger partial charge < -0.3 is 14.8 Å². The molecule has 0 bridgehead atoms. The van der Waals surface area contributed by atoms with Crippen molar-refractivity contribution in [3.8, 4) is 11.5 Å². The molecule has 3 aromatic carbocycles. The van der Waals surface area contributed by atoms with Crippen molar-refractivity contribution in [2.45, 2.75) is 35.5 Å². The van der Waals surface area contributed by atoms with Gasteiger partial charge >= 0.3 is 0 Å². The Labute approximate surface area is 235 Å². The number of ether oxygens (including phenoxy) is 2. The van der Waals surface area contributed by atoms with E-state index in [0.29, 0.717) is 24.5 Å². The maximum absolute atomic E-state index is 13.7. The molecule has 0 spiro atoms. The highest BCUT2D eigenvalue weighted by Crippen LogP contribution is 2.35. The number of hydrogen-bond donors (Lipinski definition) is 1. The molecular weight excluding hydrogens is 554 g/mol. The first-order chi connectivity index (χ1) is 19.2. The molecule has 4 rings (SSSR count). The molecule has 1 aliphatic rings. The third-order valence-electron chi connectivity index (χ3n) is 6.61. The molecule has 0 aromatic heterocycles. The Kier molecular flexibility index (Phi) is 9.33. The summed E-state index contributed by atoms with van der Waals surface area (Å²) in [5, 5.41) is 2.67. The normalized spacial score (nSPS) is 14.7. The molecule has 0 unspecified atom stereocenters. The fourth-order valence-electron chi connectivity index (χ4n) is 4.48. The number of carbonyl (C=O) groups is 1. The van der Waals surface area contributed by atoms with Crippen LogP contribution in [0.2, 0.25) is 0 Å². The molecule has 1 heterocycles. The van der Waals surface area contributed by atoms with Crippen molar-refractivity contribution in [2.24, 2.45) is 0 Å². The third kappa shape index (κ3) is 6.57. The van der Waals surface area contributed by atoms with Crippen LogP contribution in [-0.2, 0) is 24.8 Å². The van der Waals surface area contributed by atoms with Crippen LogP contribution in [0.4, 0.5) is 11.4 Å². The molecule has 0 atom stereocenters. The zero-order valence-electron chi connectivity index (χ0n) is 22.4. The standard InChI is InChI=1S/C28H33N3O7S2/c1-37-23-14-17-26(27(20-23)38-2)31(40(35,36)24-10-6-5-7-11-24)21-28(32)29-22-12-15-25(16-13-22)39(33,34)30-18-8-3-4-9-19-30/h5-7,10-17,20H,3-4,8-9,18-19,21H2,1-2H3,(H,29,32). The fraction of sp³-hybridized carbons (Fsp3) is 0.321. The summed E-state index contributed by atoms with van der Waals surface area (Å²) < 4.78 is 66.6. The average molecular weight is 588 g/mol. The van der Waals surface area contributed by atoms with Crippen molar-refractivity contribution in [1.29, 1.82) is 0 Å². The minimum Gasteiger partial charge on any atom is -0.497 e. The van der Waals surface area contributed by atoms with Crippen LogP contribution < -0.4 is 19.1 Å². The highest BCUT2D eigenvalue weighted by Gasteiger charge is 2.30. The number of nitrogens with one attached hydrogen (secondary N) is 1. The molecule has 0 saturated carbocycles. The van der Waals surface area contributed by atoms with Gasteiger partial charge in [-0.15, -0.1) is 0 Å². The first-order valence-corrected chi connectivity index (χ1v) is 15.7. The molecule has 1 fully saturated rings. The molecular formula is C28H33N3O7S2. The van der Waals surface area contributed by atoms with Crippen LogP contribution in [0.15, 0.2) is 82.6 Å². The van der Waals surface area contributed by atoms with Crippen molar-refractivity contribution in [3.05, 3.63) is 72.8 Å². The minimum absolute atomic E-state index is 0.00347. The zero-order valence-corrected chi connectivity index (χ0v) is 24.1. The number of amides is 1. The van der Waals surface area contributed by atoms with Crippen molar-refractivity contribution < 1.29 is 31.1 Å². The lowest BCUT2D eigenvalue weighted by Gasteiger charge is -2.26. The molecule has 3 aromatic rings. The molecule has 12 heteroatoms. The Morgan fingerprint density at radius 1 is 0.825 bits per heavy atom. The average Bonchev–Trinajstić information content (AvgIpc) is 3.27. The first-order valence-electron chi connectivity index (χ1n) is 12.9. The number of rotatable bonds is 10. The Bertz CT molecular complexity index is 1520. The molecule has 40 heavy (non-hydrogen) atoms.